The molecule has 1 heterocycles. The normalized spacial score (nSPS) is 10.4. The van der Waals surface area contributed by atoms with Crippen molar-refractivity contribution in [2.24, 2.45) is 0 Å². The Morgan fingerprint density at radius 3 is 2.54 bits per heavy atom. The number of Topliss-reactive ketones (excluding diaryl/α,β-unsaturated/α-hetero) is 1. The highest BCUT2D eigenvalue weighted by Gasteiger charge is 2.09. The molecule has 3 rings (SSSR count). The van der Waals surface area contributed by atoms with E-state index in [1.54, 1.807) is 33.4 Å². The Morgan fingerprint density at radius 2 is 1.81 bits per heavy atom. The molecule has 5 heteroatoms. The second-order valence-corrected chi connectivity index (χ2v) is 5.86. The number of ketones is 1. The Morgan fingerprint density at radius 1 is 1.00 bits per heavy atom. The second-order valence-electron chi connectivity index (χ2n) is 5.86. The van der Waals surface area contributed by atoms with Gasteiger partial charge in [0.15, 0.2) is 17.3 Å². The highest BCUT2D eigenvalue weighted by molar-refractivity contribution is 5.95. The van der Waals surface area contributed by atoms with Crippen molar-refractivity contribution in [2.45, 2.75) is 13.3 Å². The van der Waals surface area contributed by atoms with Gasteiger partial charge in [-0.25, -0.2) is 9.97 Å². The lowest BCUT2D eigenvalue weighted by Gasteiger charge is -2.10. The summed E-state index contributed by atoms with van der Waals surface area (Å²) in [6.45, 7) is 1.56. The van der Waals surface area contributed by atoms with Crippen LogP contribution in [0.2, 0.25) is 0 Å². The number of benzene rings is 2. The molecule has 0 aliphatic heterocycles. The van der Waals surface area contributed by atoms with Crippen molar-refractivity contribution in [3.05, 3.63) is 71.7 Å². The number of hydrogen-bond donors (Lipinski definition) is 0. The van der Waals surface area contributed by atoms with E-state index in [0.717, 1.165) is 16.8 Å². The molecule has 132 valence electrons. The maximum absolute atomic E-state index is 11.6. The van der Waals surface area contributed by atoms with Gasteiger partial charge in [0, 0.05) is 23.7 Å². The largest absolute Gasteiger partial charge is 0.493 e. The Kier molecular flexibility index (Phi) is 5.27. The number of ether oxygens (including phenoxy) is 2. The maximum Gasteiger partial charge on any atom is 0.161 e. The molecule has 0 aliphatic carbocycles. The fourth-order valence-electron chi connectivity index (χ4n) is 2.72. The molecule has 26 heavy (non-hydrogen) atoms. The quantitative estimate of drug-likeness (QED) is 0.631. The summed E-state index contributed by atoms with van der Waals surface area (Å²) in [5, 5.41) is 0. The summed E-state index contributed by atoms with van der Waals surface area (Å²) in [7, 11) is 3.22. The molecule has 0 radical (unpaired) electrons. The first-order valence-corrected chi connectivity index (χ1v) is 8.25. The highest BCUT2D eigenvalue weighted by Crippen LogP contribution is 2.28. The summed E-state index contributed by atoms with van der Waals surface area (Å²) in [6.07, 6.45) is 2.31. The Balaban J connectivity index is 1.88. The SMILES string of the molecule is COc1ccc(Cc2nccc(-c3cccc(C(C)=O)c3)n2)cc1OC. The number of methoxy groups -OCH3 is 2. The third-order valence-electron chi connectivity index (χ3n) is 4.08. The number of aromatic nitrogens is 2. The molecular weight excluding hydrogens is 328 g/mol. The molecule has 2 aromatic carbocycles. The van der Waals surface area contributed by atoms with Crippen LogP contribution in [0.5, 0.6) is 11.5 Å². The van der Waals surface area contributed by atoms with Gasteiger partial charge >= 0.3 is 0 Å². The number of nitrogens with zero attached hydrogens (tertiary/aromatic N) is 2. The summed E-state index contributed by atoms with van der Waals surface area (Å²) < 4.78 is 10.6. The van der Waals surface area contributed by atoms with Gasteiger partial charge in [0.25, 0.3) is 0 Å². The fraction of sp³-hybridized carbons (Fsp3) is 0.190. The maximum atomic E-state index is 11.6. The lowest BCUT2D eigenvalue weighted by molar-refractivity contribution is 0.101. The van der Waals surface area contributed by atoms with Crippen molar-refractivity contribution in [1.29, 1.82) is 0 Å². The van der Waals surface area contributed by atoms with Gasteiger partial charge in [0.2, 0.25) is 0 Å². The van der Waals surface area contributed by atoms with Crippen molar-refractivity contribution in [2.75, 3.05) is 14.2 Å². The van der Waals surface area contributed by atoms with E-state index in [1.807, 2.05) is 42.5 Å². The molecule has 0 N–H and O–H groups in total. The summed E-state index contributed by atoms with van der Waals surface area (Å²) in [6, 6.07) is 15.1. The third-order valence-corrected chi connectivity index (χ3v) is 4.08. The molecule has 0 aliphatic rings. The number of carbonyl (C=O) groups is 1. The van der Waals surface area contributed by atoms with Crippen LogP contribution in [0, 0.1) is 0 Å². The van der Waals surface area contributed by atoms with E-state index in [-0.39, 0.29) is 5.78 Å². The monoisotopic (exact) mass is 348 g/mol. The molecule has 5 nitrogen and oxygen atoms in total. The van der Waals surface area contributed by atoms with Gasteiger partial charge in [0.05, 0.1) is 19.9 Å². The average Bonchev–Trinajstić information content (AvgIpc) is 2.68. The van der Waals surface area contributed by atoms with Crippen LogP contribution in [-0.4, -0.2) is 30.0 Å². The Labute approximate surface area is 152 Å². The number of hydrogen-bond acceptors (Lipinski definition) is 5. The number of carbonyl (C=O) groups excluding carboxylic acids is 1. The number of rotatable bonds is 6. The summed E-state index contributed by atoms with van der Waals surface area (Å²) in [5.74, 6) is 2.09. The van der Waals surface area contributed by atoms with E-state index in [2.05, 4.69) is 9.97 Å². The van der Waals surface area contributed by atoms with Crippen LogP contribution in [0.15, 0.2) is 54.7 Å². The zero-order valence-electron chi connectivity index (χ0n) is 15.0. The van der Waals surface area contributed by atoms with Crippen LogP contribution in [0.1, 0.15) is 28.7 Å². The predicted octanol–water partition coefficient (Wildman–Crippen LogP) is 3.95. The van der Waals surface area contributed by atoms with E-state index < -0.39 is 0 Å². The summed E-state index contributed by atoms with van der Waals surface area (Å²) in [4.78, 5) is 20.6. The van der Waals surface area contributed by atoms with Gasteiger partial charge in [0.1, 0.15) is 5.82 Å². The van der Waals surface area contributed by atoms with E-state index >= 15 is 0 Å². The molecule has 0 amide bonds. The minimum Gasteiger partial charge on any atom is -0.493 e. The van der Waals surface area contributed by atoms with Crippen molar-refractivity contribution >= 4 is 5.78 Å². The molecule has 0 bridgehead atoms. The van der Waals surface area contributed by atoms with Crippen LogP contribution < -0.4 is 9.47 Å². The predicted molar refractivity (Wildman–Crippen MR) is 99.8 cm³/mol. The van der Waals surface area contributed by atoms with Gasteiger partial charge in [-0.15, -0.1) is 0 Å². The van der Waals surface area contributed by atoms with Gasteiger partial charge in [-0.3, -0.25) is 4.79 Å². The summed E-state index contributed by atoms with van der Waals surface area (Å²) >= 11 is 0. The van der Waals surface area contributed by atoms with Gasteiger partial charge in [-0.05, 0) is 36.8 Å². The van der Waals surface area contributed by atoms with Crippen molar-refractivity contribution in [1.82, 2.24) is 9.97 Å². The van der Waals surface area contributed by atoms with E-state index in [4.69, 9.17) is 9.47 Å². The summed E-state index contributed by atoms with van der Waals surface area (Å²) in [5.41, 5.74) is 3.38. The van der Waals surface area contributed by atoms with E-state index in [9.17, 15) is 4.79 Å². The van der Waals surface area contributed by atoms with Crippen molar-refractivity contribution < 1.29 is 14.3 Å². The smallest absolute Gasteiger partial charge is 0.161 e. The van der Waals surface area contributed by atoms with Crippen LogP contribution in [0.3, 0.4) is 0 Å². The molecule has 0 unspecified atom stereocenters. The van der Waals surface area contributed by atoms with Crippen molar-refractivity contribution in [3.63, 3.8) is 0 Å². The van der Waals surface area contributed by atoms with Crippen LogP contribution in [0.25, 0.3) is 11.3 Å². The topological polar surface area (TPSA) is 61.3 Å². The van der Waals surface area contributed by atoms with Gasteiger partial charge < -0.3 is 9.47 Å². The molecule has 0 atom stereocenters. The van der Waals surface area contributed by atoms with E-state index in [0.29, 0.717) is 29.3 Å². The second kappa shape index (κ2) is 7.78. The molecule has 3 aromatic rings. The fourth-order valence-corrected chi connectivity index (χ4v) is 2.72. The Bertz CT molecular complexity index is 938. The molecule has 1 aromatic heterocycles. The minimum absolute atomic E-state index is 0.0338. The molecule has 0 saturated heterocycles. The average molecular weight is 348 g/mol. The minimum atomic E-state index is 0.0338. The molecule has 0 fully saturated rings. The first kappa shape index (κ1) is 17.6. The lowest BCUT2D eigenvalue weighted by atomic mass is 10.1. The van der Waals surface area contributed by atoms with Gasteiger partial charge in [-0.2, -0.15) is 0 Å². The third kappa shape index (κ3) is 3.88. The van der Waals surface area contributed by atoms with Crippen molar-refractivity contribution in [3.8, 4) is 22.8 Å². The molecule has 0 saturated carbocycles. The highest BCUT2D eigenvalue weighted by atomic mass is 16.5. The van der Waals surface area contributed by atoms with Crippen LogP contribution in [-0.2, 0) is 6.42 Å². The zero-order chi connectivity index (χ0) is 18.5. The standard InChI is InChI=1S/C21H20N2O3/c1-14(24)16-5-4-6-17(13-16)18-9-10-22-21(23-18)12-15-7-8-19(25-2)20(11-15)26-3/h4-11,13H,12H2,1-3H3. The zero-order valence-corrected chi connectivity index (χ0v) is 15.0. The lowest BCUT2D eigenvalue weighted by Crippen LogP contribution is -1.99. The molecular formula is C21H20N2O3. The van der Waals surface area contributed by atoms with Crippen LogP contribution in [0.4, 0.5) is 0 Å². The van der Waals surface area contributed by atoms with E-state index in [1.165, 1.54) is 0 Å². The Hall–Kier alpha value is -3.21. The van der Waals surface area contributed by atoms with Crippen LogP contribution >= 0.6 is 0 Å². The first-order valence-electron chi connectivity index (χ1n) is 8.25. The first-order chi connectivity index (χ1) is 12.6. The van der Waals surface area contributed by atoms with Gasteiger partial charge in [-0.1, -0.05) is 24.3 Å². The molecule has 0 spiro atoms.